The zero-order valence-electron chi connectivity index (χ0n) is 18.4. The van der Waals surface area contributed by atoms with Crippen LogP contribution in [0.3, 0.4) is 0 Å². The smallest absolute Gasteiger partial charge is 0.295 e. The highest BCUT2D eigenvalue weighted by Gasteiger charge is 2.46. The molecule has 1 N–H and O–H groups in total. The second-order valence-corrected chi connectivity index (χ2v) is 9.02. The molecule has 2 heterocycles. The van der Waals surface area contributed by atoms with Crippen molar-refractivity contribution in [1.82, 2.24) is 4.90 Å². The summed E-state index contributed by atoms with van der Waals surface area (Å²) in [5.41, 5.74) is 1.42. The van der Waals surface area contributed by atoms with Gasteiger partial charge in [-0.15, -0.1) is 11.3 Å². The molecule has 31 heavy (non-hydrogen) atoms. The van der Waals surface area contributed by atoms with Crippen LogP contribution in [0.5, 0.6) is 5.75 Å². The van der Waals surface area contributed by atoms with E-state index in [-0.39, 0.29) is 11.3 Å². The van der Waals surface area contributed by atoms with E-state index in [1.165, 1.54) is 16.2 Å². The van der Waals surface area contributed by atoms with Gasteiger partial charge in [0.2, 0.25) is 0 Å². The van der Waals surface area contributed by atoms with Crippen LogP contribution in [0.15, 0.2) is 41.3 Å². The molecule has 1 saturated heterocycles. The Labute approximate surface area is 187 Å². The normalized spacial score (nSPS) is 18.2. The molecule has 0 saturated carbocycles. The third kappa shape index (κ3) is 4.99. The Balaban J connectivity index is 2.01. The highest BCUT2D eigenvalue weighted by atomic mass is 32.1. The van der Waals surface area contributed by atoms with Gasteiger partial charge in [-0.25, -0.2) is 0 Å². The lowest BCUT2D eigenvalue weighted by Gasteiger charge is -2.24. The Morgan fingerprint density at radius 1 is 1.26 bits per heavy atom. The van der Waals surface area contributed by atoms with Crippen molar-refractivity contribution in [3.05, 3.63) is 57.3 Å². The predicted octanol–water partition coefficient (Wildman–Crippen LogP) is 4.55. The topological polar surface area (TPSA) is 76.1 Å². The number of amides is 1. The molecule has 1 aromatic heterocycles. The lowest BCUT2D eigenvalue weighted by atomic mass is 9.97. The van der Waals surface area contributed by atoms with Crippen LogP contribution in [0, 0.1) is 12.8 Å². The second kappa shape index (κ2) is 10.1. The van der Waals surface area contributed by atoms with Crippen LogP contribution < -0.4 is 4.74 Å². The third-order valence-corrected chi connectivity index (χ3v) is 6.06. The minimum Gasteiger partial charge on any atom is -0.507 e. The van der Waals surface area contributed by atoms with E-state index >= 15 is 0 Å². The molecule has 6 nitrogen and oxygen atoms in total. The van der Waals surface area contributed by atoms with Crippen LogP contribution in [-0.4, -0.2) is 48.6 Å². The molecule has 0 bridgehead atoms. The van der Waals surface area contributed by atoms with Gasteiger partial charge in [0.15, 0.2) is 0 Å². The maximum absolute atomic E-state index is 13.0. The van der Waals surface area contributed by atoms with E-state index in [4.69, 9.17) is 9.47 Å². The van der Waals surface area contributed by atoms with E-state index in [9.17, 15) is 14.7 Å². The minimum absolute atomic E-state index is 0.129. The van der Waals surface area contributed by atoms with Crippen molar-refractivity contribution < 1.29 is 24.2 Å². The first-order valence-electron chi connectivity index (χ1n) is 10.4. The standard InChI is InChI=1S/C24H29NO5S/c1-15(2)14-30-17-8-9-18(16(3)13-17)22(26)20-21(19-7-5-12-31-19)25(10-6-11-29-4)24(28)23(20)27/h5,7-9,12-13,15,21,26H,6,10-11,14H2,1-4H3/t21-/m0/s1. The number of likely N-dealkylation sites (tertiary alicyclic amines) is 1. The fourth-order valence-electron chi connectivity index (χ4n) is 3.63. The number of Topliss-reactive ketones (excluding diaryl/α,β-unsaturated/α-hetero) is 1. The van der Waals surface area contributed by atoms with E-state index in [2.05, 4.69) is 13.8 Å². The maximum atomic E-state index is 13.0. The van der Waals surface area contributed by atoms with Gasteiger partial charge in [-0.1, -0.05) is 19.9 Å². The zero-order chi connectivity index (χ0) is 22.5. The van der Waals surface area contributed by atoms with Crippen LogP contribution in [-0.2, 0) is 14.3 Å². The Hall–Kier alpha value is -2.64. The predicted molar refractivity (Wildman–Crippen MR) is 121 cm³/mol. The monoisotopic (exact) mass is 443 g/mol. The summed E-state index contributed by atoms with van der Waals surface area (Å²) in [5, 5.41) is 13.1. The van der Waals surface area contributed by atoms with Gasteiger partial charge in [-0.05, 0) is 54.5 Å². The second-order valence-electron chi connectivity index (χ2n) is 8.04. The number of aliphatic hydroxyl groups is 1. The molecule has 3 rings (SSSR count). The van der Waals surface area contributed by atoms with Gasteiger partial charge in [0.1, 0.15) is 11.5 Å². The molecule has 1 aliphatic rings. The first-order chi connectivity index (χ1) is 14.8. The van der Waals surface area contributed by atoms with Gasteiger partial charge < -0.3 is 19.5 Å². The molecule has 0 radical (unpaired) electrons. The van der Waals surface area contributed by atoms with Crippen molar-refractivity contribution >= 4 is 28.8 Å². The van der Waals surface area contributed by atoms with Crippen molar-refractivity contribution in [3.63, 3.8) is 0 Å². The van der Waals surface area contributed by atoms with Gasteiger partial charge in [0, 0.05) is 30.7 Å². The SMILES string of the molecule is COCCCN1C(=O)C(=O)C(=C(O)c2ccc(OCC(C)C)cc2C)[C@@H]1c1cccs1. The number of thiophene rings is 1. The summed E-state index contributed by atoms with van der Waals surface area (Å²) < 4.78 is 10.9. The number of rotatable bonds is 9. The van der Waals surface area contributed by atoms with Gasteiger partial charge >= 0.3 is 0 Å². The number of ketones is 1. The number of aliphatic hydroxyl groups excluding tert-OH is 1. The number of carbonyl (C=O) groups is 2. The van der Waals surface area contributed by atoms with Crippen LogP contribution in [0.4, 0.5) is 0 Å². The first-order valence-corrected chi connectivity index (χ1v) is 11.3. The molecular weight excluding hydrogens is 414 g/mol. The Kier molecular flexibility index (Phi) is 7.51. The summed E-state index contributed by atoms with van der Waals surface area (Å²) in [6.07, 6.45) is 0.604. The van der Waals surface area contributed by atoms with Gasteiger partial charge in [-0.3, -0.25) is 9.59 Å². The average Bonchev–Trinajstić information content (AvgIpc) is 3.34. The largest absolute Gasteiger partial charge is 0.507 e. The Bertz CT molecular complexity index is 964. The number of hydrogen-bond acceptors (Lipinski definition) is 6. The number of nitrogens with zero attached hydrogens (tertiary/aromatic N) is 1. The fourth-order valence-corrected chi connectivity index (χ4v) is 4.48. The Morgan fingerprint density at radius 2 is 2.03 bits per heavy atom. The van der Waals surface area contributed by atoms with E-state index in [0.717, 1.165) is 10.4 Å². The molecule has 0 unspecified atom stereocenters. The average molecular weight is 444 g/mol. The molecule has 1 aromatic carbocycles. The summed E-state index contributed by atoms with van der Waals surface area (Å²) >= 11 is 1.46. The molecule has 1 atom stereocenters. The number of hydrogen-bond donors (Lipinski definition) is 1. The van der Waals surface area contributed by atoms with Crippen molar-refractivity contribution in [2.75, 3.05) is 26.9 Å². The number of ether oxygens (including phenoxy) is 2. The van der Waals surface area contributed by atoms with E-state index in [1.54, 1.807) is 19.2 Å². The lowest BCUT2D eigenvalue weighted by molar-refractivity contribution is -0.140. The summed E-state index contributed by atoms with van der Waals surface area (Å²) in [4.78, 5) is 28.2. The number of aryl methyl sites for hydroxylation is 1. The fraction of sp³-hybridized carbons (Fsp3) is 0.417. The van der Waals surface area contributed by atoms with E-state index in [1.807, 2.05) is 30.5 Å². The molecule has 1 amide bonds. The molecule has 1 fully saturated rings. The molecule has 0 spiro atoms. The van der Waals surface area contributed by atoms with Gasteiger partial charge in [0.05, 0.1) is 18.2 Å². The summed E-state index contributed by atoms with van der Waals surface area (Å²) in [7, 11) is 1.60. The van der Waals surface area contributed by atoms with Gasteiger partial charge in [-0.2, -0.15) is 0 Å². The van der Waals surface area contributed by atoms with E-state index < -0.39 is 17.7 Å². The van der Waals surface area contributed by atoms with Crippen LogP contribution in [0.1, 0.15) is 42.3 Å². The Morgan fingerprint density at radius 3 is 2.65 bits per heavy atom. The van der Waals surface area contributed by atoms with Crippen molar-refractivity contribution in [1.29, 1.82) is 0 Å². The summed E-state index contributed by atoms with van der Waals surface area (Å²) in [5.74, 6) is -0.303. The van der Waals surface area contributed by atoms with Crippen LogP contribution in [0.2, 0.25) is 0 Å². The first kappa shape index (κ1) is 23.0. The number of benzene rings is 1. The highest BCUT2D eigenvalue weighted by Crippen LogP contribution is 2.41. The maximum Gasteiger partial charge on any atom is 0.295 e. The zero-order valence-corrected chi connectivity index (χ0v) is 19.2. The molecule has 0 aliphatic carbocycles. The molecule has 1 aliphatic heterocycles. The summed E-state index contributed by atoms with van der Waals surface area (Å²) in [6.45, 7) is 7.45. The van der Waals surface area contributed by atoms with Crippen molar-refractivity contribution in [3.8, 4) is 5.75 Å². The van der Waals surface area contributed by atoms with Crippen LogP contribution >= 0.6 is 11.3 Å². The molecular formula is C24H29NO5S. The molecule has 7 heteroatoms. The number of carbonyl (C=O) groups excluding carboxylic acids is 2. The minimum atomic E-state index is -0.659. The third-order valence-electron chi connectivity index (χ3n) is 5.14. The van der Waals surface area contributed by atoms with Gasteiger partial charge in [0.25, 0.3) is 11.7 Å². The van der Waals surface area contributed by atoms with Crippen molar-refractivity contribution in [2.45, 2.75) is 33.2 Å². The van der Waals surface area contributed by atoms with E-state index in [0.29, 0.717) is 43.4 Å². The molecule has 166 valence electrons. The molecule has 2 aromatic rings. The summed E-state index contributed by atoms with van der Waals surface area (Å²) in [6, 6.07) is 8.51. The quantitative estimate of drug-likeness (QED) is 0.266. The highest BCUT2D eigenvalue weighted by molar-refractivity contribution is 7.10. The van der Waals surface area contributed by atoms with Crippen molar-refractivity contribution in [2.24, 2.45) is 5.92 Å². The lowest BCUT2D eigenvalue weighted by Crippen LogP contribution is -2.31. The van der Waals surface area contributed by atoms with Crippen LogP contribution in [0.25, 0.3) is 5.76 Å². The number of methoxy groups -OCH3 is 1.